The van der Waals surface area contributed by atoms with Gasteiger partial charge < -0.3 is 14.7 Å². The Kier molecular flexibility index (Phi) is 6.45. The molecule has 0 amide bonds. The van der Waals surface area contributed by atoms with E-state index in [0.29, 0.717) is 12.7 Å². The van der Waals surface area contributed by atoms with Gasteiger partial charge >= 0.3 is 0 Å². The second-order valence-electron chi connectivity index (χ2n) is 5.33. The van der Waals surface area contributed by atoms with Crippen LogP contribution in [0.3, 0.4) is 0 Å². The van der Waals surface area contributed by atoms with Gasteiger partial charge in [-0.3, -0.25) is 0 Å². The van der Waals surface area contributed by atoms with Crippen LogP contribution in [0.15, 0.2) is 0 Å². The molecular weight excluding hydrogens is 214 g/mol. The Morgan fingerprint density at radius 2 is 2.00 bits per heavy atom. The second-order valence-corrected chi connectivity index (χ2v) is 5.33. The normalized spacial score (nSPS) is 21.4. The van der Waals surface area contributed by atoms with E-state index < -0.39 is 0 Å². The third-order valence-electron chi connectivity index (χ3n) is 4.33. The second kappa shape index (κ2) is 7.34. The molecule has 1 aliphatic heterocycles. The van der Waals surface area contributed by atoms with Gasteiger partial charge in [-0.1, -0.05) is 20.8 Å². The molecule has 1 aliphatic rings. The number of aliphatic hydroxyl groups excluding tert-OH is 1. The van der Waals surface area contributed by atoms with Crippen molar-refractivity contribution in [2.45, 2.75) is 52.6 Å². The number of aliphatic hydroxyl groups is 1. The van der Waals surface area contributed by atoms with Crippen molar-refractivity contribution in [3.63, 3.8) is 0 Å². The van der Waals surface area contributed by atoms with Crippen molar-refractivity contribution in [1.29, 1.82) is 0 Å². The van der Waals surface area contributed by atoms with Gasteiger partial charge in [0.25, 0.3) is 0 Å². The Morgan fingerprint density at radius 3 is 2.41 bits per heavy atom. The molecule has 0 bridgehead atoms. The van der Waals surface area contributed by atoms with Gasteiger partial charge in [0, 0.05) is 31.7 Å². The summed E-state index contributed by atoms with van der Waals surface area (Å²) in [7, 11) is 0. The Labute approximate surface area is 106 Å². The zero-order chi connectivity index (χ0) is 12.7. The van der Waals surface area contributed by atoms with E-state index in [2.05, 4.69) is 25.7 Å². The van der Waals surface area contributed by atoms with Crippen molar-refractivity contribution in [1.82, 2.24) is 4.90 Å². The van der Waals surface area contributed by atoms with Crippen LogP contribution >= 0.6 is 0 Å². The molecule has 1 heterocycles. The maximum absolute atomic E-state index is 9.62. The first-order valence-corrected chi connectivity index (χ1v) is 7.14. The molecule has 1 unspecified atom stereocenters. The lowest BCUT2D eigenvalue weighted by Gasteiger charge is -2.36. The molecule has 0 radical (unpaired) electrons. The summed E-state index contributed by atoms with van der Waals surface area (Å²) in [6.45, 7) is 10.8. The highest BCUT2D eigenvalue weighted by Crippen LogP contribution is 2.27. The number of rotatable bonds is 8. The number of likely N-dealkylation sites (N-methyl/N-ethyl adjacent to an activating group) is 1. The minimum atomic E-state index is 0.0780. The Bertz CT molecular complexity index is 190. The van der Waals surface area contributed by atoms with E-state index in [1.807, 2.05) is 0 Å². The minimum absolute atomic E-state index is 0.0780. The molecule has 3 heteroatoms. The molecule has 1 atom stereocenters. The fraction of sp³-hybridized carbons (Fsp3) is 1.00. The van der Waals surface area contributed by atoms with E-state index in [0.717, 1.165) is 39.1 Å². The Balaban J connectivity index is 2.48. The van der Waals surface area contributed by atoms with Gasteiger partial charge in [-0.05, 0) is 32.2 Å². The van der Waals surface area contributed by atoms with Gasteiger partial charge in [0.05, 0.1) is 6.10 Å². The van der Waals surface area contributed by atoms with Gasteiger partial charge in [0.2, 0.25) is 0 Å². The summed E-state index contributed by atoms with van der Waals surface area (Å²) in [5, 5.41) is 9.62. The molecule has 0 aromatic carbocycles. The smallest absolute Gasteiger partial charge is 0.0702 e. The first kappa shape index (κ1) is 14.9. The molecule has 0 aromatic rings. The Hall–Kier alpha value is -0.120. The number of hydrogen-bond acceptors (Lipinski definition) is 3. The molecule has 17 heavy (non-hydrogen) atoms. The molecular formula is C14H29NO2. The highest BCUT2D eigenvalue weighted by Gasteiger charge is 2.29. The van der Waals surface area contributed by atoms with Crippen LogP contribution in [0.1, 0.15) is 46.5 Å². The van der Waals surface area contributed by atoms with E-state index in [1.54, 1.807) is 0 Å². The van der Waals surface area contributed by atoms with Crippen molar-refractivity contribution in [3.8, 4) is 0 Å². The third kappa shape index (κ3) is 4.23. The maximum atomic E-state index is 9.62. The van der Waals surface area contributed by atoms with Gasteiger partial charge in [0.1, 0.15) is 0 Å². The summed E-state index contributed by atoms with van der Waals surface area (Å²) in [5.74, 6) is 0. The van der Waals surface area contributed by atoms with Gasteiger partial charge in [-0.2, -0.15) is 0 Å². The molecule has 1 fully saturated rings. The fourth-order valence-corrected chi connectivity index (χ4v) is 2.60. The lowest BCUT2D eigenvalue weighted by molar-refractivity contribution is 0.0314. The van der Waals surface area contributed by atoms with Crippen molar-refractivity contribution in [2.24, 2.45) is 5.41 Å². The summed E-state index contributed by atoms with van der Waals surface area (Å²) in [6, 6.07) is 0. The minimum Gasteiger partial charge on any atom is -0.396 e. The average Bonchev–Trinajstić information content (AvgIpc) is 2.87. The predicted molar refractivity (Wildman–Crippen MR) is 71.2 cm³/mol. The van der Waals surface area contributed by atoms with Crippen LogP contribution < -0.4 is 0 Å². The van der Waals surface area contributed by atoms with Crippen molar-refractivity contribution in [2.75, 3.05) is 32.8 Å². The first-order chi connectivity index (χ1) is 8.19. The predicted octanol–water partition coefficient (Wildman–Crippen LogP) is 2.29. The molecule has 0 aromatic heterocycles. The summed E-state index contributed by atoms with van der Waals surface area (Å²) < 4.78 is 5.70. The molecule has 102 valence electrons. The summed E-state index contributed by atoms with van der Waals surface area (Å²) in [5.41, 5.74) is 0.0780. The van der Waals surface area contributed by atoms with Crippen LogP contribution in [-0.2, 0) is 4.74 Å². The Morgan fingerprint density at radius 1 is 1.29 bits per heavy atom. The van der Waals surface area contributed by atoms with Crippen LogP contribution in [0, 0.1) is 5.41 Å². The first-order valence-electron chi connectivity index (χ1n) is 7.14. The topological polar surface area (TPSA) is 32.7 Å². The fourth-order valence-electron chi connectivity index (χ4n) is 2.60. The van der Waals surface area contributed by atoms with Crippen LogP contribution in [0.25, 0.3) is 0 Å². The van der Waals surface area contributed by atoms with Crippen molar-refractivity contribution in [3.05, 3.63) is 0 Å². The molecule has 1 N–H and O–H groups in total. The van der Waals surface area contributed by atoms with E-state index in [1.165, 1.54) is 12.8 Å². The van der Waals surface area contributed by atoms with E-state index in [4.69, 9.17) is 4.74 Å². The van der Waals surface area contributed by atoms with E-state index >= 15 is 0 Å². The zero-order valence-corrected chi connectivity index (χ0v) is 11.7. The standard InChI is InChI=1S/C14H29NO2/c1-4-14(5-2,12-16)11-15(6-3)10-13-8-7-9-17-13/h13,16H,4-12H2,1-3H3. The zero-order valence-electron chi connectivity index (χ0n) is 11.7. The largest absolute Gasteiger partial charge is 0.396 e. The quantitative estimate of drug-likeness (QED) is 0.710. The molecule has 0 aliphatic carbocycles. The lowest BCUT2D eigenvalue weighted by Crippen LogP contribution is -2.42. The lowest BCUT2D eigenvalue weighted by atomic mass is 9.82. The highest BCUT2D eigenvalue weighted by atomic mass is 16.5. The molecule has 1 rings (SSSR count). The average molecular weight is 243 g/mol. The van der Waals surface area contributed by atoms with Crippen molar-refractivity contribution < 1.29 is 9.84 Å². The summed E-state index contributed by atoms with van der Waals surface area (Å²) >= 11 is 0. The third-order valence-corrected chi connectivity index (χ3v) is 4.33. The monoisotopic (exact) mass is 243 g/mol. The van der Waals surface area contributed by atoms with E-state index in [9.17, 15) is 5.11 Å². The van der Waals surface area contributed by atoms with Crippen LogP contribution in [0.4, 0.5) is 0 Å². The highest BCUT2D eigenvalue weighted by molar-refractivity contribution is 4.81. The molecule has 1 saturated heterocycles. The van der Waals surface area contributed by atoms with Crippen LogP contribution in [0.5, 0.6) is 0 Å². The molecule has 3 nitrogen and oxygen atoms in total. The maximum Gasteiger partial charge on any atom is 0.0702 e. The number of ether oxygens (including phenoxy) is 1. The summed E-state index contributed by atoms with van der Waals surface area (Å²) in [6.07, 6.45) is 4.90. The van der Waals surface area contributed by atoms with Gasteiger partial charge in [-0.25, -0.2) is 0 Å². The van der Waals surface area contributed by atoms with E-state index in [-0.39, 0.29) is 5.41 Å². The molecule has 0 saturated carbocycles. The number of hydrogen-bond donors (Lipinski definition) is 1. The summed E-state index contributed by atoms with van der Waals surface area (Å²) in [4.78, 5) is 2.44. The SMILES string of the molecule is CCN(CC1CCCO1)CC(CC)(CC)CO. The van der Waals surface area contributed by atoms with Crippen LogP contribution in [-0.4, -0.2) is 49.0 Å². The van der Waals surface area contributed by atoms with Gasteiger partial charge in [0.15, 0.2) is 0 Å². The molecule has 0 spiro atoms. The number of nitrogens with zero attached hydrogens (tertiary/aromatic N) is 1. The van der Waals surface area contributed by atoms with Gasteiger partial charge in [-0.15, -0.1) is 0 Å². The van der Waals surface area contributed by atoms with Crippen LogP contribution in [0.2, 0.25) is 0 Å². The van der Waals surface area contributed by atoms with Crippen molar-refractivity contribution >= 4 is 0 Å².